The minimum atomic E-state index is -1.26. The van der Waals surface area contributed by atoms with Crippen LogP contribution in [0.25, 0.3) is 31.8 Å². The summed E-state index contributed by atoms with van der Waals surface area (Å²) in [5, 5.41) is 1.16. The lowest BCUT2D eigenvalue weighted by Gasteiger charge is -2.35. The molecule has 0 amide bonds. The molecular formula is C57H65Cl2FN6O9S. The topological polar surface area (TPSA) is 149 Å². The number of likely N-dealkylation sites (N-methyl/N-ethyl adjacent to an activating group) is 1. The highest BCUT2D eigenvalue weighted by atomic mass is 35.5. The van der Waals surface area contributed by atoms with Crippen LogP contribution in [0.5, 0.6) is 23.1 Å². The first-order valence-corrected chi connectivity index (χ1v) is 27.7. The van der Waals surface area contributed by atoms with E-state index in [1.807, 2.05) is 58.9 Å². The van der Waals surface area contributed by atoms with Gasteiger partial charge in [0.2, 0.25) is 12.0 Å². The molecule has 11 rings (SSSR count). The minimum absolute atomic E-state index is 0.0112. The van der Waals surface area contributed by atoms with Crippen molar-refractivity contribution in [1.29, 1.82) is 0 Å². The van der Waals surface area contributed by atoms with Crippen molar-refractivity contribution in [2.75, 3.05) is 72.8 Å². The highest BCUT2D eigenvalue weighted by Crippen LogP contribution is 2.53. The molecule has 404 valence electrons. The number of aromatic nitrogens is 4. The van der Waals surface area contributed by atoms with Crippen LogP contribution in [-0.2, 0) is 36.8 Å². The molecule has 0 unspecified atom stereocenters. The fourth-order valence-corrected chi connectivity index (χ4v) is 11.9. The molecule has 3 aromatic heterocycles. The van der Waals surface area contributed by atoms with Crippen molar-refractivity contribution in [2.45, 2.75) is 109 Å². The summed E-state index contributed by atoms with van der Waals surface area (Å²) < 4.78 is 65.4. The van der Waals surface area contributed by atoms with Gasteiger partial charge in [0.05, 0.1) is 53.7 Å². The second-order valence-corrected chi connectivity index (χ2v) is 22.8. The molecule has 4 aliphatic heterocycles. The van der Waals surface area contributed by atoms with E-state index in [1.54, 1.807) is 18.3 Å². The van der Waals surface area contributed by atoms with Crippen molar-refractivity contribution in [3.63, 3.8) is 0 Å². The molecule has 3 aromatic carbocycles. The van der Waals surface area contributed by atoms with Crippen molar-refractivity contribution in [3.05, 3.63) is 105 Å². The van der Waals surface area contributed by atoms with E-state index in [1.165, 1.54) is 29.8 Å². The molecule has 1 aliphatic carbocycles. The Kier molecular flexibility index (Phi) is 16.9. The summed E-state index contributed by atoms with van der Waals surface area (Å²) in [4.78, 5) is 39.8. The molecule has 2 saturated heterocycles. The van der Waals surface area contributed by atoms with Crippen LogP contribution in [0, 0.1) is 19.7 Å². The molecule has 3 atom stereocenters. The van der Waals surface area contributed by atoms with Crippen LogP contribution in [-0.4, -0.2) is 139 Å². The molecule has 76 heavy (non-hydrogen) atoms. The number of hydrogen-bond acceptors (Lipinski definition) is 16. The Morgan fingerprint density at radius 1 is 0.882 bits per heavy atom. The van der Waals surface area contributed by atoms with Gasteiger partial charge in [-0.15, -0.1) is 11.3 Å². The Morgan fingerprint density at radius 2 is 1.64 bits per heavy atom. The van der Waals surface area contributed by atoms with Crippen molar-refractivity contribution < 1.29 is 47.1 Å². The second kappa shape index (κ2) is 23.8. The number of carbonyl (C=O) groups excluding carboxylic acids is 1. The van der Waals surface area contributed by atoms with Crippen LogP contribution in [0.1, 0.15) is 80.6 Å². The largest absolute Gasteiger partial charge is 0.490 e. The van der Waals surface area contributed by atoms with E-state index in [0.29, 0.717) is 104 Å². The zero-order valence-corrected chi connectivity index (χ0v) is 46.2. The number of piperazine rings is 1. The number of thiophene rings is 1. The van der Waals surface area contributed by atoms with Gasteiger partial charge in [-0.05, 0) is 126 Å². The fourth-order valence-electron chi connectivity index (χ4n) is 10.3. The number of rotatable bonds is 11. The Hall–Kier alpha value is -5.24. The van der Waals surface area contributed by atoms with E-state index < -0.39 is 23.8 Å². The van der Waals surface area contributed by atoms with E-state index in [9.17, 15) is 9.18 Å². The van der Waals surface area contributed by atoms with Crippen LogP contribution in [0.15, 0.2) is 61.1 Å². The molecule has 5 aliphatic rings. The zero-order valence-electron chi connectivity index (χ0n) is 43.9. The summed E-state index contributed by atoms with van der Waals surface area (Å²) in [6.45, 7) is 15.9. The van der Waals surface area contributed by atoms with Gasteiger partial charge in [0.15, 0.2) is 5.75 Å². The summed E-state index contributed by atoms with van der Waals surface area (Å²) in [5.74, 6) is 1.42. The van der Waals surface area contributed by atoms with E-state index in [4.69, 9.17) is 81.0 Å². The number of hydrogen-bond donors (Lipinski definition) is 0. The Labute approximate surface area is 457 Å². The van der Waals surface area contributed by atoms with E-state index in [0.717, 1.165) is 68.1 Å². The molecule has 3 fully saturated rings. The molecule has 1 saturated carbocycles. The van der Waals surface area contributed by atoms with Gasteiger partial charge in [-0.2, -0.15) is 0 Å². The van der Waals surface area contributed by atoms with E-state index >= 15 is 0 Å². The van der Waals surface area contributed by atoms with E-state index in [-0.39, 0.29) is 49.5 Å². The number of carbonyl (C=O) groups is 1. The van der Waals surface area contributed by atoms with Crippen molar-refractivity contribution >= 4 is 50.7 Å². The molecule has 0 radical (unpaired) electrons. The smallest absolute Gasteiger partial charge is 0.348 e. The monoisotopic (exact) mass is 1100 g/mol. The molecule has 15 nitrogen and oxygen atoms in total. The lowest BCUT2D eigenvalue weighted by Crippen LogP contribution is -2.49. The summed E-state index contributed by atoms with van der Waals surface area (Å²) in [6.07, 6.45) is 5.14. The second-order valence-electron chi connectivity index (χ2n) is 21.1. The van der Waals surface area contributed by atoms with Gasteiger partial charge in [0.25, 0.3) is 0 Å². The highest BCUT2D eigenvalue weighted by molar-refractivity contribution is 7.22. The summed E-state index contributed by atoms with van der Waals surface area (Å²) in [5.41, 5.74) is 3.89. The first kappa shape index (κ1) is 54.1. The lowest BCUT2D eigenvalue weighted by molar-refractivity contribution is -0.163. The Bertz CT molecular complexity index is 2980. The maximum Gasteiger partial charge on any atom is 0.348 e. The summed E-state index contributed by atoms with van der Waals surface area (Å²) >= 11 is 16.2. The van der Waals surface area contributed by atoms with Crippen molar-refractivity contribution in [3.8, 4) is 44.7 Å². The number of benzene rings is 3. The quantitative estimate of drug-likeness (QED) is 0.113. The van der Waals surface area contributed by atoms with Gasteiger partial charge < -0.3 is 42.8 Å². The molecule has 0 N–H and O–H groups in total. The van der Waals surface area contributed by atoms with Crippen molar-refractivity contribution in [1.82, 2.24) is 29.7 Å². The third kappa shape index (κ3) is 12.7. The molecule has 4 bridgehead atoms. The van der Waals surface area contributed by atoms with Gasteiger partial charge in [-0.1, -0.05) is 35.3 Å². The molecule has 7 heterocycles. The predicted octanol–water partition coefficient (Wildman–Crippen LogP) is 10.6. The Morgan fingerprint density at radius 3 is 2.37 bits per heavy atom. The van der Waals surface area contributed by atoms with Crippen LogP contribution in [0.4, 0.5) is 4.39 Å². The third-order valence-electron chi connectivity index (χ3n) is 14.3. The average Bonchev–Trinajstić information content (AvgIpc) is 3.84. The Balaban J connectivity index is 1.02. The predicted molar refractivity (Wildman–Crippen MR) is 290 cm³/mol. The van der Waals surface area contributed by atoms with Gasteiger partial charge in [-0.3, -0.25) is 4.90 Å². The maximum atomic E-state index is 14.6. The number of ether oxygens (including phenoxy) is 8. The standard InChI is InChI=1S/C57H65Cl2FN6O9S/c1-33-46-34(2)50(59)51(49(33)58)73-42(27-66-21-19-65(6)20-22-66)30-71-41-15-16-44(72-28-39-17-18-61-53(64-39)36-9-13-40(14-10-36)70-31-43-29-68-23-24-69-43)37(25-41)26-45(56(67)75-57(3,4)5)74-54-48-47(46)52(76-55(48)63-32-62-54)35-7-11-38(60)12-8-35/h7-8,11-12,15-18,25,32,36,40,42-43,45H,9-10,13-14,19-24,26-31H2,1-6H3/t36?,40?,42-,43-,45-/m1/s1. The first-order chi connectivity index (χ1) is 36.6. The fraction of sp³-hybridized carbons (Fsp3) is 0.491. The molecule has 6 aromatic rings. The summed E-state index contributed by atoms with van der Waals surface area (Å²) in [6, 6.07) is 13.7. The first-order valence-electron chi connectivity index (χ1n) is 26.1. The minimum Gasteiger partial charge on any atom is -0.490 e. The average molecular weight is 1100 g/mol. The number of fused-ring (bicyclic) bond motifs is 7. The number of halogens is 3. The van der Waals surface area contributed by atoms with Gasteiger partial charge in [-0.25, -0.2) is 29.1 Å². The van der Waals surface area contributed by atoms with E-state index in [2.05, 4.69) is 16.8 Å². The molecular weight excluding hydrogens is 1030 g/mol. The number of nitrogens with zero attached hydrogens (tertiary/aromatic N) is 6. The van der Waals surface area contributed by atoms with Gasteiger partial charge in [0.1, 0.15) is 65.3 Å². The molecule has 19 heteroatoms. The van der Waals surface area contributed by atoms with Gasteiger partial charge >= 0.3 is 5.97 Å². The molecule has 0 spiro atoms. The van der Waals surface area contributed by atoms with Crippen LogP contribution >= 0.6 is 34.5 Å². The van der Waals surface area contributed by atoms with Crippen molar-refractivity contribution in [2.24, 2.45) is 0 Å². The zero-order chi connectivity index (χ0) is 53.1. The SMILES string of the molecule is Cc1c(Cl)c2c(Cl)c(C)c1-c1c(-c3ccc(F)cc3)sc3ncnc(c13)O[C@@H](C(=O)OC(C)(C)C)Cc1cc(ccc1OCc1ccnc(C3CCC(OC[C@H]4COCCO4)CC3)n1)OC[C@@H](CN1CCN(C)CC1)O2. The normalized spacial score (nSPS) is 21.8. The van der Waals surface area contributed by atoms with Crippen LogP contribution in [0.2, 0.25) is 10.0 Å². The van der Waals surface area contributed by atoms with Crippen LogP contribution < -0.4 is 18.9 Å². The maximum absolute atomic E-state index is 14.6. The highest BCUT2D eigenvalue weighted by Gasteiger charge is 2.34. The summed E-state index contributed by atoms with van der Waals surface area (Å²) in [7, 11) is 2.12. The number of esters is 1. The lowest BCUT2D eigenvalue weighted by atomic mass is 9.86. The van der Waals surface area contributed by atoms with Crippen LogP contribution in [0.3, 0.4) is 0 Å². The van der Waals surface area contributed by atoms with Gasteiger partial charge in [0, 0.05) is 67.3 Å². The third-order valence-corrected chi connectivity index (χ3v) is 16.4.